The largest absolute Gasteiger partial charge is 0.252 e. The number of thiophene rings is 1. The SMILES string of the molecule is CC1(C)c2ccccc2-c2ccc(-c3ccc4sc5c(-c6cccc(-c7cnc8c9ccccc9c9ccccc9c8n7)c6)cccc5c4c3)cc21. The van der Waals surface area contributed by atoms with Gasteiger partial charge in [0, 0.05) is 41.9 Å². The van der Waals surface area contributed by atoms with Gasteiger partial charge in [-0.05, 0) is 79.5 Å². The van der Waals surface area contributed by atoms with E-state index in [2.05, 4.69) is 166 Å². The smallest absolute Gasteiger partial charge is 0.0979 e. The van der Waals surface area contributed by atoms with Crippen LogP contribution in [0, 0.1) is 0 Å². The van der Waals surface area contributed by atoms with E-state index in [0.717, 1.165) is 33.1 Å². The molecule has 0 N–H and O–H groups in total. The van der Waals surface area contributed by atoms with Crippen molar-refractivity contribution in [2.24, 2.45) is 0 Å². The fourth-order valence-electron chi connectivity index (χ4n) is 8.70. The molecule has 0 atom stereocenters. The molecular formula is C49H32N2S. The van der Waals surface area contributed by atoms with Crippen LogP contribution in [0.15, 0.2) is 158 Å². The average molecular weight is 681 g/mol. The molecule has 0 saturated heterocycles. The van der Waals surface area contributed by atoms with Gasteiger partial charge in [0.15, 0.2) is 0 Å². The van der Waals surface area contributed by atoms with Gasteiger partial charge in [-0.1, -0.05) is 141 Å². The first-order valence-electron chi connectivity index (χ1n) is 17.9. The van der Waals surface area contributed by atoms with Crippen molar-refractivity contribution in [1.29, 1.82) is 0 Å². The summed E-state index contributed by atoms with van der Waals surface area (Å²) < 4.78 is 2.61. The summed E-state index contributed by atoms with van der Waals surface area (Å²) >= 11 is 1.88. The van der Waals surface area contributed by atoms with Crippen LogP contribution in [0.1, 0.15) is 25.0 Å². The lowest BCUT2D eigenvalue weighted by atomic mass is 9.81. The van der Waals surface area contributed by atoms with Crippen LogP contribution in [0.4, 0.5) is 0 Å². The fraction of sp³-hybridized carbons (Fsp3) is 0.0612. The van der Waals surface area contributed by atoms with Gasteiger partial charge in [-0.15, -0.1) is 11.3 Å². The van der Waals surface area contributed by atoms with Crippen LogP contribution in [0.3, 0.4) is 0 Å². The topological polar surface area (TPSA) is 25.8 Å². The lowest BCUT2D eigenvalue weighted by Crippen LogP contribution is -2.14. The predicted molar refractivity (Wildman–Crippen MR) is 221 cm³/mol. The van der Waals surface area contributed by atoms with Crippen LogP contribution in [0.5, 0.6) is 0 Å². The Bertz CT molecular complexity index is 3080. The standard InChI is InChI=1S/C49H32N2S/c1-49(2)42-20-8-7-15-36(42)37-23-21-30(27-43(37)49)29-22-24-45-41(26-29)40-19-10-18-33(48(40)52-45)31-11-9-12-32(25-31)44-28-50-46-38-16-5-3-13-34(38)35-14-4-6-17-39(35)47(46)51-44/h3-28H,1-2H3. The molecule has 11 rings (SSSR count). The Kier molecular flexibility index (Phi) is 6.21. The Morgan fingerprint density at radius 1 is 0.442 bits per heavy atom. The number of rotatable bonds is 3. The molecule has 244 valence electrons. The van der Waals surface area contributed by atoms with Crippen molar-refractivity contribution in [2.75, 3.05) is 0 Å². The van der Waals surface area contributed by atoms with Crippen molar-refractivity contribution in [2.45, 2.75) is 19.3 Å². The Labute approximate surface area is 305 Å². The maximum Gasteiger partial charge on any atom is 0.0979 e. The highest BCUT2D eigenvalue weighted by Gasteiger charge is 2.35. The van der Waals surface area contributed by atoms with Crippen LogP contribution >= 0.6 is 11.3 Å². The maximum absolute atomic E-state index is 5.28. The molecule has 0 spiro atoms. The molecule has 8 aromatic carbocycles. The lowest BCUT2D eigenvalue weighted by Gasteiger charge is -2.22. The van der Waals surface area contributed by atoms with Crippen molar-refractivity contribution >= 4 is 64.1 Å². The summed E-state index contributed by atoms with van der Waals surface area (Å²) in [5.74, 6) is 0. The third-order valence-electron chi connectivity index (χ3n) is 11.3. The van der Waals surface area contributed by atoms with E-state index in [1.165, 1.54) is 75.5 Å². The molecule has 52 heavy (non-hydrogen) atoms. The molecule has 1 aliphatic rings. The van der Waals surface area contributed by atoms with Crippen molar-refractivity contribution in [3.05, 3.63) is 169 Å². The van der Waals surface area contributed by atoms with Crippen LogP contribution in [0.25, 0.3) is 97.4 Å². The summed E-state index contributed by atoms with van der Waals surface area (Å²) in [5.41, 5.74) is 14.3. The highest BCUT2D eigenvalue weighted by Crippen LogP contribution is 2.50. The van der Waals surface area contributed by atoms with Crippen LogP contribution in [-0.4, -0.2) is 9.97 Å². The molecular weight excluding hydrogens is 649 g/mol. The maximum atomic E-state index is 5.28. The molecule has 0 radical (unpaired) electrons. The number of nitrogens with zero attached hydrogens (tertiary/aromatic N) is 2. The summed E-state index contributed by atoms with van der Waals surface area (Å²) in [6.45, 7) is 4.70. The molecule has 3 heteroatoms. The van der Waals surface area contributed by atoms with Crippen molar-refractivity contribution < 1.29 is 0 Å². The Balaban J connectivity index is 1.01. The lowest BCUT2D eigenvalue weighted by molar-refractivity contribution is 0.660. The van der Waals surface area contributed by atoms with Gasteiger partial charge in [0.2, 0.25) is 0 Å². The second-order valence-electron chi connectivity index (χ2n) is 14.6. The van der Waals surface area contributed by atoms with E-state index in [9.17, 15) is 0 Å². The van der Waals surface area contributed by atoms with Gasteiger partial charge in [-0.2, -0.15) is 0 Å². The van der Waals surface area contributed by atoms with Crippen molar-refractivity contribution in [3.63, 3.8) is 0 Å². The molecule has 10 aromatic rings. The molecule has 0 aliphatic heterocycles. The zero-order valence-electron chi connectivity index (χ0n) is 28.8. The first-order valence-corrected chi connectivity index (χ1v) is 18.7. The van der Waals surface area contributed by atoms with Crippen LogP contribution < -0.4 is 0 Å². The fourth-order valence-corrected chi connectivity index (χ4v) is 9.92. The molecule has 1 aliphatic carbocycles. The monoisotopic (exact) mass is 680 g/mol. The zero-order chi connectivity index (χ0) is 34.6. The first kappa shape index (κ1) is 29.6. The van der Waals surface area contributed by atoms with Gasteiger partial charge >= 0.3 is 0 Å². The number of hydrogen-bond donors (Lipinski definition) is 0. The van der Waals surface area contributed by atoms with E-state index in [4.69, 9.17) is 9.97 Å². The number of fused-ring (bicyclic) bond motifs is 12. The summed E-state index contributed by atoms with van der Waals surface area (Å²) in [6, 6.07) is 55.4. The molecule has 0 amide bonds. The van der Waals surface area contributed by atoms with Crippen molar-refractivity contribution in [1.82, 2.24) is 9.97 Å². The highest BCUT2D eigenvalue weighted by molar-refractivity contribution is 7.26. The molecule has 0 saturated carbocycles. The molecule has 2 aromatic heterocycles. The number of aromatic nitrogens is 2. The second kappa shape index (κ2) is 10.9. The molecule has 0 fully saturated rings. The predicted octanol–water partition coefficient (Wildman–Crippen LogP) is 13.6. The molecule has 0 unspecified atom stereocenters. The highest BCUT2D eigenvalue weighted by atomic mass is 32.1. The van der Waals surface area contributed by atoms with E-state index in [1.807, 2.05) is 17.5 Å². The van der Waals surface area contributed by atoms with Gasteiger partial charge in [0.25, 0.3) is 0 Å². The summed E-state index contributed by atoms with van der Waals surface area (Å²) in [5, 5.41) is 7.27. The van der Waals surface area contributed by atoms with Crippen LogP contribution in [0.2, 0.25) is 0 Å². The van der Waals surface area contributed by atoms with E-state index < -0.39 is 0 Å². The van der Waals surface area contributed by atoms with Gasteiger partial charge in [-0.25, -0.2) is 4.98 Å². The summed E-state index contributed by atoms with van der Waals surface area (Å²) in [4.78, 5) is 10.3. The molecule has 0 bridgehead atoms. The number of hydrogen-bond acceptors (Lipinski definition) is 3. The van der Waals surface area contributed by atoms with Gasteiger partial charge in [0.1, 0.15) is 0 Å². The van der Waals surface area contributed by atoms with E-state index in [1.54, 1.807) is 0 Å². The molecule has 2 nitrogen and oxygen atoms in total. The van der Waals surface area contributed by atoms with E-state index in [0.29, 0.717) is 0 Å². The van der Waals surface area contributed by atoms with E-state index >= 15 is 0 Å². The normalized spacial score (nSPS) is 13.3. The quantitative estimate of drug-likeness (QED) is 0.174. The Hall–Kier alpha value is -6.16. The third kappa shape index (κ3) is 4.23. The van der Waals surface area contributed by atoms with Crippen LogP contribution in [-0.2, 0) is 5.41 Å². The molecule has 2 heterocycles. The Morgan fingerprint density at radius 2 is 1.08 bits per heavy atom. The summed E-state index contributed by atoms with van der Waals surface area (Å²) in [7, 11) is 0. The van der Waals surface area contributed by atoms with Gasteiger partial charge in [-0.3, -0.25) is 4.98 Å². The second-order valence-corrected chi connectivity index (χ2v) is 15.6. The minimum absolute atomic E-state index is 0.0227. The zero-order valence-corrected chi connectivity index (χ0v) is 29.6. The van der Waals surface area contributed by atoms with E-state index in [-0.39, 0.29) is 5.41 Å². The van der Waals surface area contributed by atoms with Gasteiger partial charge in [0.05, 0.1) is 22.9 Å². The third-order valence-corrected chi connectivity index (χ3v) is 12.5. The van der Waals surface area contributed by atoms with Crippen molar-refractivity contribution in [3.8, 4) is 44.6 Å². The number of benzene rings is 8. The summed E-state index contributed by atoms with van der Waals surface area (Å²) in [6.07, 6.45) is 1.93. The average Bonchev–Trinajstić information content (AvgIpc) is 3.69. The first-order chi connectivity index (χ1) is 25.5. The Morgan fingerprint density at radius 3 is 1.92 bits per heavy atom. The minimum Gasteiger partial charge on any atom is -0.252 e. The minimum atomic E-state index is -0.0227. The van der Waals surface area contributed by atoms with Gasteiger partial charge < -0.3 is 0 Å².